The Kier molecular flexibility index (Phi) is 6.93. The summed E-state index contributed by atoms with van der Waals surface area (Å²) < 4.78 is 12.6. The molecule has 2 aromatic carbocycles. The lowest BCUT2D eigenvalue weighted by atomic mass is 9.93. The molecule has 0 saturated carbocycles. The molecule has 9 nitrogen and oxygen atoms in total. The predicted octanol–water partition coefficient (Wildman–Crippen LogP) is 3.17. The van der Waals surface area contributed by atoms with Gasteiger partial charge in [0.25, 0.3) is 5.91 Å². The number of aromatic nitrogens is 2. The van der Waals surface area contributed by atoms with Gasteiger partial charge in [-0.3, -0.25) is 9.59 Å². The van der Waals surface area contributed by atoms with Crippen LogP contribution in [0.5, 0.6) is 5.75 Å². The number of amides is 2. The van der Waals surface area contributed by atoms with Gasteiger partial charge in [-0.05, 0) is 30.7 Å². The van der Waals surface area contributed by atoms with Crippen LogP contribution in [0.3, 0.4) is 0 Å². The largest absolute Gasteiger partial charge is 0.496 e. The highest BCUT2D eigenvalue weighted by Crippen LogP contribution is 2.31. The maximum Gasteiger partial charge on any atom is 0.359 e. The summed E-state index contributed by atoms with van der Waals surface area (Å²) in [6, 6.07) is 14.9. The first-order chi connectivity index (χ1) is 16.8. The molecule has 35 heavy (non-hydrogen) atoms. The van der Waals surface area contributed by atoms with Crippen LogP contribution >= 0.6 is 15.9 Å². The van der Waals surface area contributed by atoms with Crippen molar-refractivity contribution in [1.82, 2.24) is 19.8 Å². The molecule has 0 bridgehead atoms. The minimum atomic E-state index is -1.26. The zero-order chi connectivity index (χ0) is 25.2. The summed E-state index contributed by atoms with van der Waals surface area (Å²) in [4.78, 5) is 45.2. The van der Waals surface area contributed by atoms with Crippen molar-refractivity contribution in [2.75, 3.05) is 14.2 Å². The van der Waals surface area contributed by atoms with Crippen LogP contribution in [0.15, 0.2) is 59.3 Å². The van der Waals surface area contributed by atoms with Crippen molar-refractivity contribution >= 4 is 33.7 Å². The van der Waals surface area contributed by atoms with Crippen molar-refractivity contribution in [3.63, 3.8) is 0 Å². The summed E-state index contributed by atoms with van der Waals surface area (Å²) in [6.45, 7) is 2.20. The summed E-state index contributed by atoms with van der Waals surface area (Å²) >= 11 is 3.45. The van der Waals surface area contributed by atoms with Crippen LogP contribution < -0.4 is 10.1 Å². The van der Waals surface area contributed by atoms with Gasteiger partial charge in [0.2, 0.25) is 5.91 Å². The lowest BCUT2D eigenvalue weighted by Crippen LogP contribution is -2.63. The van der Waals surface area contributed by atoms with E-state index in [4.69, 9.17) is 9.47 Å². The van der Waals surface area contributed by atoms with Crippen molar-refractivity contribution < 1.29 is 23.9 Å². The Morgan fingerprint density at radius 2 is 1.94 bits per heavy atom. The van der Waals surface area contributed by atoms with E-state index in [2.05, 4.69) is 26.2 Å². The van der Waals surface area contributed by atoms with Crippen molar-refractivity contribution in [3.8, 4) is 5.75 Å². The number of methoxy groups -OCH3 is 2. The molecule has 10 heteroatoms. The molecule has 0 fully saturated rings. The van der Waals surface area contributed by atoms with Crippen molar-refractivity contribution in [1.29, 1.82) is 0 Å². The highest BCUT2D eigenvalue weighted by Gasteiger charge is 2.49. The molecule has 0 aliphatic carbocycles. The zero-order valence-corrected chi connectivity index (χ0v) is 21.2. The Morgan fingerprint density at radius 3 is 2.66 bits per heavy atom. The lowest BCUT2D eigenvalue weighted by molar-refractivity contribution is -0.133. The van der Waals surface area contributed by atoms with E-state index in [0.717, 1.165) is 15.6 Å². The van der Waals surface area contributed by atoms with Crippen molar-refractivity contribution in [2.45, 2.75) is 32.1 Å². The first-order valence-electron chi connectivity index (χ1n) is 10.9. The van der Waals surface area contributed by atoms with E-state index in [-0.39, 0.29) is 36.9 Å². The summed E-state index contributed by atoms with van der Waals surface area (Å²) in [6.07, 6.45) is 1.39. The number of carbonyl (C=O) groups is 3. The van der Waals surface area contributed by atoms with E-state index >= 15 is 0 Å². The highest BCUT2D eigenvalue weighted by molar-refractivity contribution is 9.10. The molecule has 4 rings (SSSR count). The number of ether oxygens (including phenoxy) is 2. The third-order valence-electron chi connectivity index (χ3n) is 6.09. The first-order valence-corrected chi connectivity index (χ1v) is 11.7. The quantitative estimate of drug-likeness (QED) is 0.461. The third-order valence-corrected chi connectivity index (χ3v) is 6.58. The lowest BCUT2D eigenvalue weighted by Gasteiger charge is -2.43. The fourth-order valence-electron chi connectivity index (χ4n) is 4.21. The fraction of sp³-hybridized carbons (Fsp3) is 0.280. The van der Waals surface area contributed by atoms with Gasteiger partial charge in [0.15, 0.2) is 5.69 Å². The van der Waals surface area contributed by atoms with Crippen LogP contribution in [-0.2, 0) is 29.2 Å². The third kappa shape index (κ3) is 4.66. The number of rotatable bonds is 7. The van der Waals surface area contributed by atoms with E-state index < -0.39 is 17.4 Å². The number of esters is 1. The smallest absolute Gasteiger partial charge is 0.359 e. The topological polar surface area (TPSA) is 103 Å². The summed E-state index contributed by atoms with van der Waals surface area (Å²) in [5.41, 5.74) is 0.394. The minimum Gasteiger partial charge on any atom is -0.496 e. The Labute approximate surface area is 211 Å². The molecule has 2 amide bonds. The summed E-state index contributed by atoms with van der Waals surface area (Å²) in [5.74, 6) is -0.878. The molecule has 0 unspecified atom stereocenters. The van der Waals surface area contributed by atoms with Gasteiger partial charge in [0.1, 0.15) is 17.0 Å². The summed E-state index contributed by atoms with van der Waals surface area (Å²) in [5, 5.41) is 2.96. The van der Waals surface area contributed by atoms with E-state index in [1.807, 2.05) is 48.5 Å². The Balaban J connectivity index is 1.70. The van der Waals surface area contributed by atoms with E-state index in [0.29, 0.717) is 5.75 Å². The molecular formula is C25H25BrN4O5. The number of fused-ring (bicyclic) bond motifs is 1. The summed E-state index contributed by atoms with van der Waals surface area (Å²) in [7, 11) is 2.80. The standard InChI is InChI=1S/C25H25BrN4O5/c1-25(24(33)27-12-17-8-4-5-10-19(17)34-2)14-29-15-28-20(23(32)35-3)21(29)22(31)30(25)13-16-7-6-9-18(26)11-16/h4-11,15H,12-14H2,1-3H3,(H,27,33)/t25-/m1/s1. The molecule has 0 saturated heterocycles. The molecule has 1 aliphatic heterocycles. The van der Waals surface area contributed by atoms with Gasteiger partial charge in [0.05, 0.1) is 27.1 Å². The Morgan fingerprint density at radius 1 is 1.17 bits per heavy atom. The van der Waals surface area contributed by atoms with Gasteiger partial charge in [0, 0.05) is 23.1 Å². The monoisotopic (exact) mass is 540 g/mol. The minimum absolute atomic E-state index is 0.0757. The van der Waals surface area contributed by atoms with Gasteiger partial charge >= 0.3 is 5.97 Å². The molecule has 0 radical (unpaired) electrons. The SMILES string of the molecule is COC(=O)c1ncn2c1C(=O)N(Cc1cccc(Br)c1)[C@@](C)(C(=O)NCc1ccccc1OC)C2. The Bertz CT molecular complexity index is 1290. The van der Waals surface area contributed by atoms with E-state index in [1.54, 1.807) is 14.0 Å². The van der Waals surface area contributed by atoms with Crippen LogP contribution in [0.4, 0.5) is 0 Å². The van der Waals surface area contributed by atoms with Crippen LogP contribution in [0.25, 0.3) is 0 Å². The van der Waals surface area contributed by atoms with Gasteiger partial charge in [-0.25, -0.2) is 9.78 Å². The number of halogens is 1. The molecular weight excluding hydrogens is 516 g/mol. The second-order valence-corrected chi connectivity index (χ2v) is 9.27. The fourth-order valence-corrected chi connectivity index (χ4v) is 4.66. The molecule has 0 spiro atoms. The second kappa shape index (κ2) is 9.91. The molecule has 2 heterocycles. The van der Waals surface area contributed by atoms with Crippen molar-refractivity contribution in [2.24, 2.45) is 0 Å². The van der Waals surface area contributed by atoms with Crippen molar-refractivity contribution in [3.05, 3.63) is 81.8 Å². The second-order valence-electron chi connectivity index (χ2n) is 8.35. The number of nitrogens with zero attached hydrogens (tertiary/aromatic N) is 3. The molecule has 1 aliphatic rings. The molecule has 1 N–H and O–H groups in total. The normalized spacial score (nSPS) is 17.0. The average molecular weight is 541 g/mol. The van der Waals surface area contributed by atoms with Gasteiger partial charge in [-0.1, -0.05) is 46.3 Å². The number of nitrogens with one attached hydrogen (secondary N) is 1. The highest BCUT2D eigenvalue weighted by atomic mass is 79.9. The number of benzene rings is 2. The zero-order valence-electron chi connectivity index (χ0n) is 19.6. The number of carbonyl (C=O) groups excluding carboxylic acids is 3. The maximum atomic E-state index is 13.7. The van der Waals surface area contributed by atoms with Gasteiger partial charge in [-0.15, -0.1) is 0 Å². The number of imidazole rings is 1. The number of hydrogen-bond donors (Lipinski definition) is 1. The van der Waals surface area contributed by atoms with E-state index in [9.17, 15) is 14.4 Å². The average Bonchev–Trinajstić information content (AvgIpc) is 3.28. The maximum absolute atomic E-state index is 13.7. The van der Waals surface area contributed by atoms with Crippen LogP contribution in [0, 0.1) is 0 Å². The van der Waals surface area contributed by atoms with Crippen LogP contribution in [-0.4, -0.2) is 52.0 Å². The first kappa shape index (κ1) is 24.5. The van der Waals surface area contributed by atoms with Crippen LogP contribution in [0.2, 0.25) is 0 Å². The van der Waals surface area contributed by atoms with E-state index in [1.165, 1.54) is 22.9 Å². The Hall–Kier alpha value is -3.66. The molecule has 1 atom stereocenters. The number of para-hydroxylation sites is 1. The van der Waals surface area contributed by atoms with Crippen LogP contribution in [0.1, 0.15) is 39.0 Å². The molecule has 182 valence electrons. The predicted molar refractivity (Wildman–Crippen MR) is 131 cm³/mol. The van der Waals surface area contributed by atoms with Gasteiger partial charge in [-0.2, -0.15) is 0 Å². The molecule has 1 aromatic heterocycles. The van der Waals surface area contributed by atoms with Gasteiger partial charge < -0.3 is 24.3 Å². The number of hydrogen-bond acceptors (Lipinski definition) is 6. The molecule has 3 aromatic rings.